The summed E-state index contributed by atoms with van der Waals surface area (Å²) in [6.45, 7) is 22.0. The third-order valence-electron chi connectivity index (χ3n) is 7.02. The van der Waals surface area contributed by atoms with E-state index in [0.29, 0.717) is 0 Å². The fourth-order valence-corrected chi connectivity index (χ4v) is 3.82. The second-order valence-corrected chi connectivity index (χ2v) is 8.15. The molecule has 0 heteroatoms. The molecule has 0 aromatic heterocycles. The van der Waals surface area contributed by atoms with Gasteiger partial charge in [0.1, 0.15) is 0 Å². The zero-order valence-corrected chi connectivity index (χ0v) is 16.6. The summed E-state index contributed by atoms with van der Waals surface area (Å²) in [7, 11) is 0. The maximum absolute atomic E-state index is 2.51. The second-order valence-electron chi connectivity index (χ2n) is 8.15. The van der Waals surface area contributed by atoms with Crippen LogP contribution >= 0.6 is 0 Å². The third-order valence-corrected chi connectivity index (χ3v) is 7.02. The van der Waals surface area contributed by atoms with E-state index in [4.69, 9.17) is 0 Å². The molecule has 0 rings (SSSR count). The molecule has 7 atom stereocenters. The summed E-state index contributed by atoms with van der Waals surface area (Å²) in [6, 6.07) is 0. The Morgan fingerprint density at radius 3 is 1.38 bits per heavy atom. The molecule has 21 heavy (non-hydrogen) atoms. The van der Waals surface area contributed by atoms with Crippen molar-refractivity contribution in [2.45, 2.75) is 94.4 Å². The van der Waals surface area contributed by atoms with Crippen LogP contribution in [0.2, 0.25) is 0 Å². The SMILES string of the molecule is CCCCCC(C)C(C)C(C)C(C)C(C)C(C)C(C)CC. The molecule has 0 saturated heterocycles. The Morgan fingerprint density at radius 1 is 0.524 bits per heavy atom. The quantitative estimate of drug-likeness (QED) is 0.348. The van der Waals surface area contributed by atoms with Crippen molar-refractivity contribution >= 4 is 0 Å². The Morgan fingerprint density at radius 2 is 0.952 bits per heavy atom. The van der Waals surface area contributed by atoms with Crippen LogP contribution < -0.4 is 0 Å². The van der Waals surface area contributed by atoms with E-state index in [2.05, 4.69) is 62.3 Å². The normalized spacial score (nSPS) is 22.1. The lowest BCUT2D eigenvalue weighted by molar-refractivity contribution is 0.114. The molecule has 7 unspecified atom stereocenters. The Bertz CT molecular complexity index is 244. The van der Waals surface area contributed by atoms with Gasteiger partial charge >= 0.3 is 0 Å². The summed E-state index contributed by atoms with van der Waals surface area (Å²) in [5, 5.41) is 0. The van der Waals surface area contributed by atoms with E-state index in [1.165, 1.54) is 32.1 Å². The van der Waals surface area contributed by atoms with Crippen LogP contribution in [0.4, 0.5) is 0 Å². The van der Waals surface area contributed by atoms with Crippen LogP contribution in [0.25, 0.3) is 0 Å². The van der Waals surface area contributed by atoms with Gasteiger partial charge in [0, 0.05) is 0 Å². The van der Waals surface area contributed by atoms with Crippen molar-refractivity contribution in [1.82, 2.24) is 0 Å². The standard InChI is InChI=1S/C21H44/c1-10-12-13-14-16(4)18(6)20(8)21(9)19(7)17(5)15(3)11-2/h15-21H,10-14H2,1-9H3. The van der Waals surface area contributed by atoms with Crippen LogP contribution in [0.5, 0.6) is 0 Å². The first-order valence-electron chi connectivity index (χ1n) is 9.77. The monoisotopic (exact) mass is 296 g/mol. The van der Waals surface area contributed by atoms with E-state index in [9.17, 15) is 0 Å². The van der Waals surface area contributed by atoms with Crippen LogP contribution in [0.3, 0.4) is 0 Å². The topological polar surface area (TPSA) is 0 Å². The van der Waals surface area contributed by atoms with Gasteiger partial charge in [0.2, 0.25) is 0 Å². The average molecular weight is 297 g/mol. The van der Waals surface area contributed by atoms with Crippen molar-refractivity contribution in [1.29, 1.82) is 0 Å². The molecule has 0 aliphatic rings. The zero-order chi connectivity index (χ0) is 16.6. The smallest absolute Gasteiger partial charge is 0.0386 e. The van der Waals surface area contributed by atoms with Crippen molar-refractivity contribution in [3.8, 4) is 0 Å². The molecule has 0 N–H and O–H groups in total. The molecule has 0 saturated carbocycles. The maximum atomic E-state index is 2.51. The van der Waals surface area contributed by atoms with Crippen molar-refractivity contribution in [2.24, 2.45) is 41.4 Å². The Balaban J connectivity index is 4.49. The van der Waals surface area contributed by atoms with Gasteiger partial charge in [-0.25, -0.2) is 0 Å². The van der Waals surface area contributed by atoms with Gasteiger partial charge in [0.15, 0.2) is 0 Å². The molecule has 0 nitrogen and oxygen atoms in total. The van der Waals surface area contributed by atoms with Gasteiger partial charge in [0.25, 0.3) is 0 Å². The highest BCUT2D eigenvalue weighted by Gasteiger charge is 2.30. The van der Waals surface area contributed by atoms with Crippen molar-refractivity contribution in [3.05, 3.63) is 0 Å². The fraction of sp³-hybridized carbons (Fsp3) is 1.00. The molecule has 0 aromatic carbocycles. The van der Waals surface area contributed by atoms with Gasteiger partial charge in [-0.05, 0) is 41.4 Å². The minimum absolute atomic E-state index is 0.831. The summed E-state index contributed by atoms with van der Waals surface area (Å²) in [5.74, 6) is 5.92. The molecule has 0 bridgehead atoms. The largest absolute Gasteiger partial charge is 0.0654 e. The highest BCUT2D eigenvalue weighted by atomic mass is 14.4. The molecular formula is C21H44. The minimum Gasteiger partial charge on any atom is -0.0654 e. The van der Waals surface area contributed by atoms with Gasteiger partial charge in [-0.1, -0.05) is 94.4 Å². The zero-order valence-electron chi connectivity index (χ0n) is 16.6. The predicted octanol–water partition coefficient (Wildman–Crippen LogP) is 7.43. The van der Waals surface area contributed by atoms with Crippen LogP contribution in [0, 0.1) is 41.4 Å². The Hall–Kier alpha value is 0. The molecule has 0 heterocycles. The van der Waals surface area contributed by atoms with E-state index >= 15 is 0 Å². The molecule has 0 aromatic rings. The highest BCUT2D eigenvalue weighted by Crippen LogP contribution is 2.38. The number of unbranched alkanes of at least 4 members (excludes halogenated alkanes) is 2. The van der Waals surface area contributed by atoms with Crippen molar-refractivity contribution < 1.29 is 0 Å². The minimum atomic E-state index is 0.831. The van der Waals surface area contributed by atoms with Gasteiger partial charge in [0.05, 0.1) is 0 Å². The molecule has 0 aliphatic heterocycles. The summed E-state index contributed by atoms with van der Waals surface area (Å²) < 4.78 is 0. The van der Waals surface area contributed by atoms with E-state index in [0.717, 1.165) is 41.4 Å². The predicted molar refractivity (Wildman–Crippen MR) is 98.6 cm³/mol. The summed E-state index contributed by atoms with van der Waals surface area (Å²) in [5.41, 5.74) is 0. The Labute approximate surface area is 136 Å². The summed E-state index contributed by atoms with van der Waals surface area (Å²) in [4.78, 5) is 0. The first kappa shape index (κ1) is 21.0. The van der Waals surface area contributed by atoms with E-state index in [1.54, 1.807) is 0 Å². The van der Waals surface area contributed by atoms with Crippen LogP contribution in [-0.2, 0) is 0 Å². The van der Waals surface area contributed by atoms with Crippen LogP contribution in [0.15, 0.2) is 0 Å². The highest BCUT2D eigenvalue weighted by molar-refractivity contribution is 4.79. The first-order chi connectivity index (χ1) is 9.77. The third kappa shape index (κ3) is 6.74. The number of hydrogen-bond donors (Lipinski definition) is 0. The molecule has 128 valence electrons. The van der Waals surface area contributed by atoms with E-state index < -0.39 is 0 Å². The lowest BCUT2D eigenvalue weighted by Crippen LogP contribution is -2.31. The van der Waals surface area contributed by atoms with Crippen molar-refractivity contribution in [3.63, 3.8) is 0 Å². The average Bonchev–Trinajstić information content (AvgIpc) is 2.50. The van der Waals surface area contributed by atoms with E-state index in [-0.39, 0.29) is 0 Å². The first-order valence-corrected chi connectivity index (χ1v) is 9.77. The number of rotatable bonds is 11. The lowest BCUT2D eigenvalue weighted by Gasteiger charge is -2.38. The Kier molecular flexibility index (Phi) is 10.7. The molecule has 0 radical (unpaired) electrons. The van der Waals surface area contributed by atoms with Gasteiger partial charge in [-0.2, -0.15) is 0 Å². The molecule has 0 spiro atoms. The molecular weight excluding hydrogens is 252 g/mol. The molecule has 0 amide bonds. The van der Waals surface area contributed by atoms with Gasteiger partial charge in [-0.3, -0.25) is 0 Å². The number of hydrogen-bond acceptors (Lipinski definition) is 0. The fourth-order valence-electron chi connectivity index (χ4n) is 3.82. The van der Waals surface area contributed by atoms with Crippen LogP contribution in [0.1, 0.15) is 94.4 Å². The van der Waals surface area contributed by atoms with Crippen LogP contribution in [-0.4, -0.2) is 0 Å². The van der Waals surface area contributed by atoms with E-state index in [1.807, 2.05) is 0 Å². The van der Waals surface area contributed by atoms with Crippen molar-refractivity contribution in [2.75, 3.05) is 0 Å². The summed E-state index contributed by atoms with van der Waals surface area (Å²) in [6.07, 6.45) is 6.90. The maximum Gasteiger partial charge on any atom is -0.0386 e. The second kappa shape index (κ2) is 10.7. The molecule has 0 fully saturated rings. The molecule has 0 aliphatic carbocycles. The lowest BCUT2D eigenvalue weighted by atomic mass is 9.68. The van der Waals surface area contributed by atoms with Gasteiger partial charge in [-0.15, -0.1) is 0 Å². The van der Waals surface area contributed by atoms with Gasteiger partial charge < -0.3 is 0 Å². The summed E-state index contributed by atoms with van der Waals surface area (Å²) >= 11 is 0.